The number of halogens is 1. The molecule has 32 heavy (non-hydrogen) atoms. The molecule has 178 valence electrons. The van der Waals surface area contributed by atoms with Crippen molar-refractivity contribution in [1.82, 2.24) is 0 Å². The highest BCUT2D eigenvalue weighted by molar-refractivity contribution is 14.1. The fraction of sp³-hybridized carbons (Fsp3) is 0.615. The van der Waals surface area contributed by atoms with Crippen LogP contribution < -0.4 is 0 Å². The summed E-state index contributed by atoms with van der Waals surface area (Å²) < 4.78 is 27.5. The van der Waals surface area contributed by atoms with Crippen molar-refractivity contribution in [2.45, 2.75) is 88.5 Å². The number of rotatable bonds is 11. The van der Waals surface area contributed by atoms with Gasteiger partial charge in [-0.2, -0.15) is 0 Å². The zero-order chi connectivity index (χ0) is 23.3. The fourth-order valence-electron chi connectivity index (χ4n) is 4.12. The van der Waals surface area contributed by atoms with Crippen molar-refractivity contribution in [3.05, 3.63) is 58.2 Å². The van der Waals surface area contributed by atoms with Crippen LogP contribution in [0.5, 0.6) is 0 Å². The first-order chi connectivity index (χ1) is 15.1. The van der Waals surface area contributed by atoms with Gasteiger partial charge in [-0.15, -0.1) is 0 Å². The van der Waals surface area contributed by atoms with E-state index in [1.807, 2.05) is 18.2 Å². The lowest BCUT2D eigenvalue weighted by Crippen LogP contribution is -2.53. The number of benzene rings is 1. The second-order valence-corrected chi connectivity index (χ2v) is 16.2. The predicted octanol–water partition coefficient (Wildman–Crippen LogP) is 7.15. The van der Waals surface area contributed by atoms with Gasteiger partial charge in [0.05, 0.1) is 24.9 Å². The molecule has 0 amide bonds. The van der Waals surface area contributed by atoms with E-state index in [0.717, 1.165) is 31.2 Å². The van der Waals surface area contributed by atoms with E-state index in [2.05, 4.69) is 90.9 Å². The summed E-state index contributed by atoms with van der Waals surface area (Å²) in [4.78, 5) is 0. The molecule has 0 N–H and O–H groups in total. The summed E-state index contributed by atoms with van der Waals surface area (Å²) in [6.45, 7) is 12.9. The van der Waals surface area contributed by atoms with Crippen LogP contribution in [0.25, 0.3) is 0 Å². The van der Waals surface area contributed by atoms with Gasteiger partial charge in [0, 0.05) is 12.8 Å². The Balaban J connectivity index is 1.62. The van der Waals surface area contributed by atoms with Crippen LogP contribution in [-0.4, -0.2) is 39.0 Å². The zero-order valence-electron chi connectivity index (χ0n) is 20.2. The Morgan fingerprint density at radius 1 is 1.12 bits per heavy atom. The largest absolute Gasteiger partial charge is 0.414 e. The molecule has 0 aromatic heterocycles. The Morgan fingerprint density at radius 3 is 2.50 bits per heavy atom. The van der Waals surface area contributed by atoms with Gasteiger partial charge in [0.2, 0.25) is 0 Å². The van der Waals surface area contributed by atoms with Gasteiger partial charge in [-0.05, 0) is 40.6 Å². The average molecular weight is 571 g/mol. The van der Waals surface area contributed by atoms with Crippen LogP contribution in [0.15, 0.2) is 52.6 Å². The fourth-order valence-corrected chi connectivity index (χ4v) is 5.52. The molecule has 1 saturated heterocycles. The average Bonchev–Trinajstić information content (AvgIpc) is 3.01. The Hall–Kier alpha value is -0.513. The lowest BCUT2D eigenvalue weighted by molar-refractivity contribution is -0.203. The maximum atomic E-state index is 6.76. The van der Waals surface area contributed by atoms with Crippen molar-refractivity contribution < 1.29 is 18.6 Å². The van der Waals surface area contributed by atoms with E-state index in [1.165, 1.54) is 0 Å². The number of ether oxygens (including phenoxy) is 3. The first kappa shape index (κ1) is 26.1. The summed E-state index contributed by atoms with van der Waals surface area (Å²) in [6.07, 6.45) is 10.4. The minimum absolute atomic E-state index is 0.0844. The van der Waals surface area contributed by atoms with Crippen LogP contribution in [0.4, 0.5) is 0 Å². The van der Waals surface area contributed by atoms with E-state index in [0.29, 0.717) is 20.0 Å². The minimum Gasteiger partial charge on any atom is -0.414 e. The van der Waals surface area contributed by atoms with Crippen LogP contribution in [-0.2, 0) is 25.2 Å². The van der Waals surface area contributed by atoms with Gasteiger partial charge in [0.25, 0.3) is 0 Å². The molecule has 3 atom stereocenters. The molecule has 3 rings (SSSR count). The number of allylic oxidation sites excluding steroid dienone is 1. The van der Waals surface area contributed by atoms with Gasteiger partial charge in [-0.1, -0.05) is 91.9 Å². The van der Waals surface area contributed by atoms with Crippen molar-refractivity contribution in [3.8, 4) is 0 Å². The number of fused-ring (bicyclic) bond motifs is 2. The molecule has 2 bridgehead atoms. The normalized spacial score (nSPS) is 28.0. The van der Waals surface area contributed by atoms with Crippen molar-refractivity contribution in [2.24, 2.45) is 0 Å². The van der Waals surface area contributed by atoms with Gasteiger partial charge < -0.3 is 18.6 Å². The monoisotopic (exact) mass is 570 g/mol. The highest BCUT2D eigenvalue weighted by Gasteiger charge is 2.52. The molecule has 4 nitrogen and oxygen atoms in total. The molecule has 6 heteroatoms. The molecular weight excluding hydrogens is 531 g/mol. The maximum absolute atomic E-state index is 6.76. The molecule has 1 fully saturated rings. The third kappa shape index (κ3) is 6.76. The van der Waals surface area contributed by atoms with E-state index >= 15 is 0 Å². The Labute approximate surface area is 209 Å². The van der Waals surface area contributed by atoms with Crippen LogP contribution in [0, 0.1) is 0 Å². The van der Waals surface area contributed by atoms with E-state index in [4.69, 9.17) is 18.6 Å². The summed E-state index contributed by atoms with van der Waals surface area (Å²) >= 11 is 2.28. The predicted molar refractivity (Wildman–Crippen MR) is 141 cm³/mol. The minimum atomic E-state index is -1.87. The molecule has 1 aromatic rings. The summed E-state index contributed by atoms with van der Waals surface area (Å²) in [5.74, 6) is 0. The van der Waals surface area contributed by atoms with E-state index in [9.17, 15) is 0 Å². The Morgan fingerprint density at radius 2 is 1.81 bits per heavy atom. The number of hydrogen-bond donors (Lipinski definition) is 0. The molecule has 0 radical (unpaired) electrons. The third-order valence-corrected chi connectivity index (χ3v) is 12.0. The first-order valence-electron chi connectivity index (χ1n) is 11.6. The molecule has 0 spiro atoms. The van der Waals surface area contributed by atoms with E-state index < -0.39 is 13.9 Å². The summed E-state index contributed by atoms with van der Waals surface area (Å²) in [6, 6.07) is 10.2. The standard InChI is InChI=1S/C26H39IO4Si/c1-24(2,3)32(4,5)30-20-26-15-14-25(31-26,13-9-10-16-27)17-23(18-26)29-21-28-19-22-11-7-6-8-12-22/h6-8,10-12,14-16,23H,9,13,17-21H2,1-5H3/b16-10-/t23-,25+,26-/m1/s1. The molecule has 1 aromatic carbocycles. The van der Waals surface area contributed by atoms with Crippen LogP contribution >= 0.6 is 22.6 Å². The Kier molecular flexibility index (Phi) is 8.83. The van der Waals surface area contributed by atoms with Gasteiger partial charge in [0.15, 0.2) is 8.32 Å². The topological polar surface area (TPSA) is 36.9 Å². The van der Waals surface area contributed by atoms with Gasteiger partial charge in [-0.25, -0.2) is 0 Å². The summed E-state index contributed by atoms with van der Waals surface area (Å²) in [7, 11) is -1.87. The molecule has 2 aliphatic heterocycles. The summed E-state index contributed by atoms with van der Waals surface area (Å²) in [5.41, 5.74) is 0.465. The second kappa shape index (κ2) is 10.8. The zero-order valence-corrected chi connectivity index (χ0v) is 23.4. The second-order valence-electron chi connectivity index (χ2n) is 10.7. The Bertz CT molecular complexity index is 789. The molecule has 2 heterocycles. The molecule has 2 aliphatic rings. The lowest BCUT2D eigenvalue weighted by atomic mass is 9.86. The van der Waals surface area contributed by atoms with Gasteiger partial charge in [0.1, 0.15) is 12.4 Å². The maximum Gasteiger partial charge on any atom is 0.192 e. The molecular formula is C26H39IO4Si. The van der Waals surface area contributed by atoms with Crippen molar-refractivity contribution in [2.75, 3.05) is 13.4 Å². The molecule has 0 saturated carbocycles. The first-order valence-corrected chi connectivity index (χ1v) is 15.8. The van der Waals surface area contributed by atoms with Crippen molar-refractivity contribution in [1.29, 1.82) is 0 Å². The van der Waals surface area contributed by atoms with E-state index in [-0.39, 0.29) is 16.7 Å². The highest BCUT2D eigenvalue weighted by Crippen LogP contribution is 2.48. The lowest BCUT2D eigenvalue weighted by Gasteiger charge is -2.46. The SMILES string of the molecule is CC(C)(C)[Si](C)(C)OC[C@@]12C=C[C@@](CC/C=C\I)(C[C@@H](OCOCc3ccccc3)C1)O2. The number of hydrogen-bond acceptors (Lipinski definition) is 4. The highest BCUT2D eigenvalue weighted by atomic mass is 127. The smallest absolute Gasteiger partial charge is 0.192 e. The van der Waals surface area contributed by atoms with Crippen molar-refractivity contribution >= 4 is 30.9 Å². The molecule has 0 aliphatic carbocycles. The van der Waals surface area contributed by atoms with Crippen LogP contribution in [0.3, 0.4) is 0 Å². The van der Waals surface area contributed by atoms with Crippen LogP contribution in [0.2, 0.25) is 18.1 Å². The third-order valence-electron chi connectivity index (χ3n) is 7.05. The van der Waals surface area contributed by atoms with Gasteiger partial charge in [-0.3, -0.25) is 0 Å². The summed E-state index contributed by atoms with van der Waals surface area (Å²) in [5, 5.41) is 0.171. The van der Waals surface area contributed by atoms with E-state index in [1.54, 1.807) is 0 Å². The quantitative estimate of drug-likeness (QED) is 0.0931. The van der Waals surface area contributed by atoms with Crippen LogP contribution in [0.1, 0.15) is 52.0 Å². The van der Waals surface area contributed by atoms with Gasteiger partial charge >= 0.3 is 0 Å². The molecule has 0 unspecified atom stereocenters. The van der Waals surface area contributed by atoms with Crippen molar-refractivity contribution in [3.63, 3.8) is 0 Å².